The van der Waals surface area contributed by atoms with Crippen LogP contribution in [0.15, 0.2) is 23.6 Å². The Morgan fingerprint density at radius 1 is 1.19 bits per heavy atom. The lowest BCUT2D eigenvalue weighted by atomic mass is 10.1. The van der Waals surface area contributed by atoms with E-state index in [4.69, 9.17) is 0 Å². The average Bonchev–Trinajstić information content (AvgIpc) is 2.14. The highest BCUT2D eigenvalue weighted by Crippen LogP contribution is 2.28. The van der Waals surface area contributed by atoms with Crippen molar-refractivity contribution < 1.29 is 28.0 Å². The zero-order chi connectivity index (χ0) is 11.8. The third-order valence-electron chi connectivity index (χ3n) is 2.02. The second-order valence-electron chi connectivity index (χ2n) is 3.32. The predicted molar refractivity (Wildman–Crippen MR) is 54.1 cm³/mol. The minimum Gasteiger partial charge on any atom is -0.182 e. The van der Waals surface area contributed by atoms with E-state index < -0.39 is 21.0 Å². The molecule has 1 atom stereocenters. The van der Waals surface area contributed by atoms with Gasteiger partial charge in [-0.05, 0) is 24.1 Å². The summed E-state index contributed by atoms with van der Waals surface area (Å²) in [7, 11) is -5.49. The molecule has 1 aliphatic heterocycles. The van der Waals surface area contributed by atoms with E-state index in [-0.39, 0.29) is 0 Å². The molecule has 0 saturated heterocycles. The van der Waals surface area contributed by atoms with Crippen molar-refractivity contribution in [2.45, 2.75) is 6.92 Å². The number of rotatable bonds is 2. The number of aryl methyl sites for hydroxylation is 1. The zero-order valence-electron chi connectivity index (χ0n) is 8.38. The summed E-state index contributed by atoms with van der Waals surface area (Å²) >= 11 is 0. The van der Waals surface area contributed by atoms with Gasteiger partial charge < -0.3 is 0 Å². The first kappa shape index (κ1) is 11.8. The SMILES string of the molecule is Cc1ccc2c(c1)C=S(O[Cl+3]([O-])([O-])[O-])C=C2. The van der Waals surface area contributed by atoms with Gasteiger partial charge in [-0.25, -0.2) is 0 Å². The molecule has 1 heterocycles. The molecule has 1 aromatic carbocycles. The normalized spacial score (nSPS) is 19.1. The van der Waals surface area contributed by atoms with Crippen LogP contribution < -0.4 is 14.0 Å². The molecule has 1 aliphatic rings. The Morgan fingerprint density at radius 2 is 1.94 bits per heavy atom. The van der Waals surface area contributed by atoms with Crippen LogP contribution in [-0.2, 0) is 3.74 Å². The molecule has 0 saturated carbocycles. The Balaban J connectivity index is 2.31. The molecule has 6 heteroatoms. The van der Waals surface area contributed by atoms with Crippen molar-refractivity contribution in [1.29, 1.82) is 0 Å². The molecule has 2 rings (SSSR count). The summed E-state index contributed by atoms with van der Waals surface area (Å²) in [5.41, 5.74) is 2.93. The molecule has 1 unspecified atom stereocenters. The van der Waals surface area contributed by atoms with E-state index in [1.165, 1.54) is 0 Å². The lowest BCUT2D eigenvalue weighted by Crippen LogP contribution is -2.60. The smallest absolute Gasteiger partial charge is 0.140 e. The van der Waals surface area contributed by atoms with Crippen LogP contribution in [0, 0.1) is 17.2 Å². The molecule has 0 aromatic heterocycles. The molecule has 0 spiro atoms. The summed E-state index contributed by atoms with van der Waals surface area (Å²) < 4.78 is 35.6. The summed E-state index contributed by atoms with van der Waals surface area (Å²) in [6, 6.07) is 5.81. The van der Waals surface area contributed by atoms with Gasteiger partial charge in [-0.1, -0.05) is 23.8 Å². The Bertz CT molecular complexity index is 476. The fraction of sp³-hybridized carbons (Fsp3) is 0.100. The van der Waals surface area contributed by atoms with Gasteiger partial charge in [-0.2, -0.15) is 14.0 Å². The number of hydrogen-bond acceptors (Lipinski definition) is 4. The molecular weight excluding hydrogens is 252 g/mol. The molecule has 4 nitrogen and oxygen atoms in total. The zero-order valence-corrected chi connectivity index (χ0v) is 9.96. The first-order chi connectivity index (χ1) is 7.44. The molecule has 0 fully saturated rings. The van der Waals surface area contributed by atoms with Crippen LogP contribution in [0.2, 0.25) is 0 Å². The maximum absolute atomic E-state index is 10.4. The maximum Gasteiger partial charge on any atom is 0.140 e. The predicted octanol–water partition coefficient (Wildman–Crippen LogP) is -0.773. The maximum atomic E-state index is 10.4. The van der Waals surface area contributed by atoms with Gasteiger partial charge in [0, 0.05) is 10.8 Å². The molecule has 0 amide bonds. The Kier molecular flexibility index (Phi) is 3.16. The van der Waals surface area contributed by atoms with E-state index in [2.05, 4.69) is 3.74 Å². The van der Waals surface area contributed by atoms with Crippen molar-refractivity contribution in [1.82, 2.24) is 0 Å². The number of benzene rings is 1. The van der Waals surface area contributed by atoms with E-state index in [0.717, 1.165) is 16.7 Å². The number of fused-ring (bicyclic) bond motifs is 1. The van der Waals surface area contributed by atoms with Crippen molar-refractivity contribution in [2.24, 2.45) is 0 Å². The molecule has 0 aliphatic carbocycles. The summed E-state index contributed by atoms with van der Waals surface area (Å²) in [4.78, 5) is 0. The lowest BCUT2D eigenvalue weighted by Gasteiger charge is -2.14. The Labute approximate surface area is 97.7 Å². The molecule has 0 N–H and O–H groups in total. The molecule has 0 bridgehead atoms. The van der Waals surface area contributed by atoms with E-state index in [1.807, 2.05) is 25.1 Å². The highest BCUT2D eigenvalue weighted by Gasteiger charge is 2.21. The molecule has 16 heavy (non-hydrogen) atoms. The second-order valence-corrected chi connectivity index (χ2v) is 5.75. The minimum absolute atomic E-state index is 0.879. The van der Waals surface area contributed by atoms with Crippen molar-refractivity contribution in [3.63, 3.8) is 0 Å². The number of hydrogen-bond donors (Lipinski definition) is 0. The minimum atomic E-state index is -4.39. The van der Waals surface area contributed by atoms with Crippen LogP contribution in [0.3, 0.4) is 0 Å². The van der Waals surface area contributed by atoms with Gasteiger partial charge in [-0.15, -0.1) is 0 Å². The largest absolute Gasteiger partial charge is 0.182 e. The van der Waals surface area contributed by atoms with Gasteiger partial charge >= 0.3 is 0 Å². The van der Waals surface area contributed by atoms with Crippen LogP contribution in [0.25, 0.3) is 6.08 Å². The highest BCUT2D eigenvalue weighted by atomic mass is 35.7. The van der Waals surface area contributed by atoms with Gasteiger partial charge in [0.2, 0.25) is 0 Å². The van der Waals surface area contributed by atoms with Gasteiger partial charge in [0.25, 0.3) is 0 Å². The van der Waals surface area contributed by atoms with Crippen molar-refractivity contribution in [3.05, 3.63) is 40.3 Å². The molecular formula is C10H9ClO4S. The summed E-state index contributed by atoms with van der Waals surface area (Å²) in [6.45, 7) is 1.94. The van der Waals surface area contributed by atoms with Crippen molar-refractivity contribution in [2.75, 3.05) is 0 Å². The van der Waals surface area contributed by atoms with Gasteiger partial charge in [0.15, 0.2) is 0 Å². The molecule has 0 radical (unpaired) electrons. The van der Waals surface area contributed by atoms with E-state index >= 15 is 0 Å². The fourth-order valence-corrected chi connectivity index (χ4v) is 3.22. The van der Waals surface area contributed by atoms with Gasteiger partial charge in [0.1, 0.15) is 14.5 Å². The van der Waals surface area contributed by atoms with E-state index in [0.29, 0.717) is 0 Å². The third kappa shape index (κ3) is 2.91. The first-order valence-electron chi connectivity index (χ1n) is 4.40. The van der Waals surface area contributed by atoms with E-state index in [1.54, 1.807) is 16.9 Å². The molecule has 1 aromatic rings. The highest BCUT2D eigenvalue weighted by molar-refractivity contribution is 8.13. The number of halogens is 1. The summed E-state index contributed by atoms with van der Waals surface area (Å²) in [5, 5.41) is 3.19. The van der Waals surface area contributed by atoms with Crippen molar-refractivity contribution >= 4 is 22.2 Å². The van der Waals surface area contributed by atoms with E-state index in [9.17, 15) is 14.0 Å². The summed E-state index contributed by atoms with van der Waals surface area (Å²) in [6.07, 6.45) is 1.75. The van der Waals surface area contributed by atoms with Crippen LogP contribution >= 0.6 is 10.8 Å². The van der Waals surface area contributed by atoms with Crippen molar-refractivity contribution in [3.8, 4) is 0 Å². The lowest BCUT2D eigenvalue weighted by molar-refractivity contribution is -1.91. The topological polar surface area (TPSA) is 78.4 Å². The molecule has 86 valence electrons. The van der Waals surface area contributed by atoms with Crippen LogP contribution in [0.5, 0.6) is 0 Å². The standard InChI is InChI=1S/C10H9ClO4S/c1-8-2-3-9-4-5-16(7-10(9)6-8)15-11(12,13)14/h2-7H,1H3. The van der Waals surface area contributed by atoms with Gasteiger partial charge in [0.05, 0.1) is 10.2 Å². The van der Waals surface area contributed by atoms with Gasteiger partial charge in [-0.3, -0.25) is 0 Å². The Morgan fingerprint density at radius 3 is 2.62 bits per heavy atom. The average molecular weight is 261 g/mol. The van der Waals surface area contributed by atoms with Crippen LogP contribution in [0.1, 0.15) is 16.7 Å². The fourth-order valence-electron chi connectivity index (χ4n) is 1.38. The Hall–Kier alpha value is -0.690. The monoisotopic (exact) mass is 260 g/mol. The quantitative estimate of drug-likeness (QED) is 0.654. The van der Waals surface area contributed by atoms with Crippen LogP contribution in [-0.4, -0.2) is 5.37 Å². The second kappa shape index (κ2) is 4.29. The van der Waals surface area contributed by atoms with Crippen LogP contribution in [0.4, 0.5) is 0 Å². The first-order valence-corrected chi connectivity index (χ1v) is 6.91. The third-order valence-corrected chi connectivity index (χ3v) is 4.11. The summed E-state index contributed by atoms with van der Waals surface area (Å²) in [5.74, 6) is 0.